The average Bonchev–Trinajstić information content (AvgIpc) is 3.23. The topological polar surface area (TPSA) is 89.1 Å². The third-order valence-corrected chi connectivity index (χ3v) is 5.05. The van der Waals surface area contributed by atoms with Crippen LogP contribution in [0, 0.1) is 0 Å². The van der Waals surface area contributed by atoms with Gasteiger partial charge in [0.1, 0.15) is 11.5 Å². The number of anilines is 1. The lowest BCUT2D eigenvalue weighted by molar-refractivity contribution is 0.355. The molecule has 0 saturated carbocycles. The molecule has 0 radical (unpaired) electrons. The third kappa shape index (κ3) is 6.83. The van der Waals surface area contributed by atoms with Gasteiger partial charge in [0.05, 0.1) is 34.0 Å². The van der Waals surface area contributed by atoms with Gasteiger partial charge >= 0.3 is 0 Å². The summed E-state index contributed by atoms with van der Waals surface area (Å²) in [6, 6.07) is 11.7. The number of guanidine groups is 1. The van der Waals surface area contributed by atoms with Crippen LogP contribution in [0.1, 0.15) is 19.0 Å². The van der Waals surface area contributed by atoms with Crippen molar-refractivity contribution in [3.63, 3.8) is 0 Å². The molecule has 3 aromatic rings. The third-order valence-electron chi connectivity index (χ3n) is 5.05. The van der Waals surface area contributed by atoms with E-state index in [1.165, 1.54) is 0 Å². The summed E-state index contributed by atoms with van der Waals surface area (Å²) in [5.41, 5.74) is 3.02. The van der Waals surface area contributed by atoms with Crippen molar-refractivity contribution in [1.82, 2.24) is 10.3 Å². The van der Waals surface area contributed by atoms with Gasteiger partial charge in [0, 0.05) is 48.1 Å². The van der Waals surface area contributed by atoms with E-state index in [-0.39, 0.29) is 24.0 Å². The van der Waals surface area contributed by atoms with E-state index in [0.29, 0.717) is 18.0 Å². The molecule has 33 heavy (non-hydrogen) atoms. The number of rotatable bonds is 10. The van der Waals surface area contributed by atoms with Crippen LogP contribution in [0.25, 0.3) is 10.9 Å². The second-order valence-electron chi connectivity index (χ2n) is 7.14. The minimum absolute atomic E-state index is 0. The fourth-order valence-electron chi connectivity index (χ4n) is 3.48. The monoisotopic (exact) mass is 568 g/mol. The lowest BCUT2D eigenvalue weighted by Gasteiger charge is -2.13. The number of halogens is 1. The zero-order valence-electron chi connectivity index (χ0n) is 19.8. The van der Waals surface area contributed by atoms with Gasteiger partial charge in [0.2, 0.25) is 0 Å². The molecule has 3 rings (SSSR count). The molecule has 8 nitrogen and oxygen atoms in total. The first-order chi connectivity index (χ1) is 15.6. The van der Waals surface area contributed by atoms with Gasteiger partial charge in [-0.3, -0.25) is 4.99 Å². The number of aromatic nitrogens is 1. The molecule has 0 bridgehead atoms. The first-order valence-corrected chi connectivity index (χ1v) is 10.6. The van der Waals surface area contributed by atoms with Crippen LogP contribution in [-0.2, 0) is 6.42 Å². The number of benzene rings is 2. The van der Waals surface area contributed by atoms with Crippen molar-refractivity contribution in [2.45, 2.75) is 19.8 Å². The Morgan fingerprint density at radius 1 is 0.909 bits per heavy atom. The van der Waals surface area contributed by atoms with Crippen molar-refractivity contribution in [3.05, 3.63) is 42.1 Å². The standard InChI is InChI=1S/C24H32N4O4.HI/c1-6-25-24(28-17-9-10-21(30-3)23(13-17)32-5)26-11-7-8-16-12-19-20(27-16)14-18(29-2)15-22(19)31-4;/h9-10,12-15,27H,6-8,11H2,1-5H3,(H2,25,26,28);1H. The minimum atomic E-state index is 0. The first kappa shape index (κ1) is 26.4. The maximum Gasteiger partial charge on any atom is 0.195 e. The quantitative estimate of drug-likeness (QED) is 0.141. The number of H-pyrrole nitrogens is 1. The molecule has 0 unspecified atom stereocenters. The summed E-state index contributed by atoms with van der Waals surface area (Å²) in [7, 11) is 6.57. The summed E-state index contributed by atoms with van der Waals surface area (Å²) in [5.74, 6) is 3.65. The molecule has 1 heterocycles. The molecule has 0 saturated heterocycles. The molecule has 0 atom stereocenters. The van der Waals surface area contributed by atoms with Gasteiger partial charge in [-0.05, 0) is 38.0 Å². The molecular weight excluding hydrogens is 535 g/mol. The van der Waals surface area contributed by atoms with Crippen LogP contribution in [0.4, 0.5) is 5.69 Å². The van der Waals surface area contributed by atoms with Gasteiger partial charge in [-0.25, -0.2) is 0 Å². The average molecular weight is 568 g/mol. The number of hydrogen-bond donors (Lipinski definition) is 3. The van der Waals surface area contributed by atoms with Gasteiger partial charge in [0.15, 0.2) is 17.5 Å². The minimum Gasteiger partial charge on any atom is -0.497 e. The maximum absolute atomic E-state index is 5.50. The van der Waals surface area contributed by atoms with Crippen molar-refractivity contribution in [3.8, 4) is 23.0 Å². The Hall–Kier alpha value is -2.82. The Bertz CT molecular complexity index is 1070. The van der Waals surface area contributed by atoms with E-state index in [0.717, 1.165) is 59.1 Å². The molecule has 2 aromatic carbocycles. The number of aromatic amines is 1. The Balaban J connectivity index is 0.00000385. The van der Waals surface area contributed by atoms with Crippen LogP contribution in [-0.4, -0.2) is 52.5 Å². The zero-order chi connectivity index (χ0) is 22.9. The maximum atomic E-state index is 5.50. The fraction of sp³-hybridized carbons (Fsp3) is 0.375. The SMILES string of the molecule is CCNC(=NCCCc1cc2c(OC)cc(OC)cc2[nH]1)Nc1ccc(OC)c(OC)c1.I. The van der Waals surface area contributed by atoms with Gasteiger partial charge in [0.25, 0.3) is 0 Å². The lowest BCUT2D eigenvalue weighted by Crippen LogP contribution is -2.30. The second kappa shape index (κ2) is 13.0. The van der Waals surface area contributed by atoms with Crippen molar-refractivity contribution >= 4 is 46.5 Å². The molecule has 0 aliphatic heterocycles. The second-order valence-corrected chi connectivity index (χ2v) is 7.14. The van der Waals surface area contributed by atoms with Crippen LogP contribution in [0.5, 0.6) is 23.0 Å². The number of methoxy groups -OCH3 is 4. The molecule has 3 N–H and O–H groups in total. The Morgan fingerprint density at radius 3 is 2.33 bits per heavy atom. The highest BCUT2D eigenvalue weighted by molar-refractivity contribution is 14.0. The van der Waals surface area contributed by atoms with E-state index in [2.05, 4.69) is 21.7 Å². The summed E-state index contributed by atoms with van der Waals surface area (Å²) >= 11 is 0. The van der Waals surface area contributed by atoms with Crippen LogP contribution in [0.3, 0.4) is 0 Å². The van der Waals surface area contributed by atoms with Gasteiger partial charge < -0.3 is 34.6 Å². The van der Waals surface area contributed by atoms with E-state index in [1.54, 1.807) is 28.4 Å². The van der Waals surface area contributed by atoms with Crippen LogP contribution in [0.2, 0.25) is 0 Å². The van der Waals surface area contributed by atoms with Gasteiger partial charge in [-0.2, -0.15) is 0 Å². The van der Waals surface area contributed by atoms with Crippen molar-refractivity contribution in [1.29, 1.82) is 0 Å². The van der Waals surface area contributed by atoms with Gasteiger partial charge in [-0.1, -0.05) is 0 Å². The van der Waals surface area contributed by atoms with Crippen LogP contribution < -0.4 is 29.6 Å². The molecular formula is C24H33IN4O4. The number of nitrogens with one attached hydrogen (secondary N) is 3. The highest BCUT2D eigenvalue weighted by Crippen LogP contribution is 2.32. The molecule has 1 aromatic heterocycles. The molecule has 0 amide bonds. The van der Waals surface area contributed by atoms with Gasteiger partial charge in [-0.15, -0.1) is 24.0 Å². The summed E-state index contributed by atoms with van der Waals surface area (Å²) in [6.45, 7) is 3.49. The first-order valence-electron chi connectivity index (χ1n) is 10.6. The summed E-state index contributed by atoms with van der Waals surface area (Å²) in [4.78, 5) is 8.16. The number of hydrogen-bond acceptors (Lipinski definition) is 5. The molecule has 0 aliphatic rings. The van der Waals surface area contributed by atoms with E-state index in [4.69, 9.17) is 23.9 Å². The van der Waals surface area contributed by atoms with E-state index >= 15 is 0 Å². The summed E-state index contributed by atoms with van der Waals surface area (Å²) < 4.78 is 21.5. The Kier molecular flexibility index (Phi) is 10.4. The van der Waals surface area contributed by atoms with E-state index in [1.807, 2.05) is 37.3 Å². The van der Waals surface area contributed by atoms with Crippen LogP contribution in [0.15, 0.2) is 41.4 Å². The number of nitrogens with zero attached hydrogens (tertiary/aromatic N) is 1. The Morgan fingerprint density at radius 2 is 1.67 bits per heavy atom. The van der Waals surface area contributed by atoms with Crippen molar-refractivity contribution < 1.29 is 18.9 Å². The highest BCUT2D eigenvalue weighted by atomic mass is 127. The number of ether oxygens (including phenoxy) is 4. The van der Waals surface area contributed by atoms with Crippen molar-refractivity contribution in [2.24, 2.45) is 4.99 Å². The van der Waals surface area contributed by atoms with E-state index < -0.39 is 0 Å². The number of fused-ring (bicyclic) bond motifs is 1. The van der Waals surface area contributed by atoms with Crippen LogP contribution >= 0.6 is 24.0 Å². The van der Waals surface area contributed by atoms with Crippen molar-refractivity contribution in [2.75, 3.05) is 46.8 Å². The Labute approximate surface area is 212 Å². The smallest absolute Gasteiger partial charge is 0.195 e. The normalized spacial score (nSPS) is 11.0. The summed E-state index contributed by atoms with van der Waals surface area (Å²) in [5, 5.41) is 7.64. The molecule has 0 aliphatic carbocycles. The molecule has 180 valence electrons. The summed E-state index contributed by atoms with van der Waals surface area (Å²) in [6.07, 6.45) is 1.77. The predicted molar refractivity (Wildman–Crippen MR) is 144 cm³/mol. The predicted octanol–water partition coefficient (Wildman–Crippen LogP) is 4.83. The molecule has 9 heteroatoms. The van der Waals surface area contributed by atoms with E-state index in [9.17, 15) is 0 Å². The zero-order valence-corrected chi connectivity index (χ0v) is 22.1. The number of aliphatic imine (C=N–C) groups is 1. The largest absolute Gasteiger partial charge is 0.497 e. The fourth-order valence-corrected chi connectivity index (χ4v) is 3.48. The highest BCUT2D eigenvalue weighted by Gasteiger charge is 2.09. The molecule has 0 spiro atoms. The lowest BCUT2D eigenvalue weighted by atomic mass is 10.2. The number of aryl methyl sites for hydroxylation is 1. The molecule has 0 fully saturated rings.